The van der Waals surface area contributed by atoms with Crippen molar-refractivity contribution < 1.29 is 23.8 Å². The molecule has 0 spiro atoms. The third kappa shape index (κ3) is 14.4. The van der Waals surface area contributed by atoms with Crippen molar-refractivity contribution in [3.63, 3.8) is 0 Å². The topological polar surface area (TPSA) is 61.8 Å². The van der Waals surface area contributed by atoms with Gasteiger partial charge >= 0.3 is 11.9 Å². The summed E-state index contributed by atoms with van der Waals surface area (Å²) in [6.45, 7) is 10.7. The molecular weight excluding hydrogens is 236 g/mol. The molecule has 0 rings (SSSR count). The largest absolute Gasteiger partial charge is 0.463 e. The van der Waals surface area contributed by atoms with E-state index in [-0.39, 0.29) is 5.97 Å². The van der Waals surface area contributed by atoms with Gasteiger partial charge in [-0.05, 0) is 13.3 Å². The van der Waals surface area contributed by atoms with Crippen LogP contribution in [0.5, 0.6) is 0 Å². The van der Waals surface area contributed by atoms with Gasteiger partial charge in [0, 0.05) is 19.3 Å². The Bertz CT molecular complexity index is 260. The van der Waals surface area contributed by atoms with Crippen molar-refractivity contribution in [1.82, 2.24) is 0 Å². The minimum atomic E-state index is -0.490. The van der Waals surface area contributed by atoms with Gasteiger partial charge in [-0.2, -0.15) is 0 Å². The fourth-order valence-corrected chi connectivity index (χ4v) is 0.636. The standard InChI is InChI=1S/C7H12O2.C6H10O3/c1-3-5-6-9-7(8)4-2;1-4-6(7)9-5(2)8-3/h4H,2-3,5-6H2,1H3;4-5H,1H2,2-3H3. The van der Waals surface area contributed by atoms with Crippen LogP contribution >= 0.6 is 0 Å². The monoisotopic (exact) mass is 258 g/mol. The molecule has 0 heterocycles. The average Bonchev–Trinajstić information content (AvgIpc) is 2.39. The predicted octanol–water partition coefficient (Wildman–Crippen LogP) is 2.22. The number of ether oxygens (including phenoxy) is 3. The van der Waals surface area contributed by atoms with E-state index in [0.717, 1.165) is 18.9 Å². The third-order valence-corrected chi connectivity index (χ3v) is 1.69. The van der Waals surface area contributed by atoms with Crippen LogP contribution in [0.2, 0.25) is 0 Å². The predicted molar refractivity (Wildman–Crippen MR) is 68.8 cm³/mol. The Balaban J connectivity index is 0. The van der Waals surface area contributed by atoms with Crippen LogP contribution in [-0.4, -0.2) is 31.9 Å². The molecule has 0 fully saturated rings. The molecule has 0 N–H and O–H groups in total. The molecule has 0 aliphatic carbocycles. The van der Waals surface area contributed by atoms with Gasteiger partial charge in [0.2, 0.25) is 0 Å². The van der Waals surface area contributed by atoms with Crippen LogP contribution < -0.4 is 0 Å². The van der Waals surface area contributed by atoms with E-state index < -0.39 is 12.3 Å². The summed E-state index contributed by atoms with van der Waals surface area (Å²) in [6.07, 6.45) is 3.75. The van der Waals surface area contributed by atoms with Crippen molar-refractivity contribution in [3.8, 4) is 0 Å². The normalized spacial score (nSPS) is 10.4. The Kier molecular flexibility index (Phi) is 14.0. The molecule has 1 atom stereocenters. The summed E-state index contributed by atoms with van der Waals surface area (Å²) in [5.74, 6) is -0.798. The van der Waals surface area contributed by atoms with Crippen LogP contribution in [0, 0.1) is 0 Å². The van der Waals surface area contributed by atoms with Gasteiger partial charge in [0.25, 0.3) is 0 Å². The van der Waals surface area contributed by atoms with Crippen LogP contribution in [0.25, 0.3) is 0 Å². The summed E-state index contributed by atoms with van der Waals surface area (Å²) in [5.41, 5.74) is 0. The highest BCUT2D eigenvalue weighted by molar-refractivity contribution is 5.81. The summed E-state index contributed by atoms with van der Waals surface area (Å²) in [7, 11) is 1.46. The van der Waals surface area contributed by atoms with Crippen molar-refractivity contribution in [2.75, 3.05) is 13.7 Å². The summed E-state index contributed by atoms with van der Waals surface area (Å²) in [4.78, 5) is 20.7. The SMILES string of the molecule is C=CC(=O)OC(C)OC.C=CC(=O)OCCCC. The maximum Gasteiger partial charge on any atom is 0.332 e. The molecule has 18 heavy (non-hydrogen) atoms. The molecule has 1 unspecified atom stereocenters. The number of rotatable bonds is 7. The summed E-state index contributed by atoms with van der Waals surface area (Å²) in [5, 5.41) is 0. The Labute approximate surface area is 108 Å². The first kappa shape index (κ1) is 18.7. The molecule has 0 aromatic rings. The smallest absolute Gasteiger partial charge is 0.332 e. The fraction of sp³-hybridized carbons (Fsp3) is 0.538. The second kappa shape index (κ2) is 13.4. The van der Waals surface area contributed by atoms with E-state index in [0.29, 0.717) is 6.61 Å². The molecular formula is C13H22O5. The number of carbonyl (C=O) groups excluding carboxylic acids is 2. The zero-order chi connectivity index (χ0) is 14.4. The second-order valence-electron chi connectivity index (χ2n) is 3.17. The summed E-state index contributed by atoms with van der Waals surface area (Å²) in [6, 6.07) is 0. The first-order valence-electron chi connectivity index (χ1n) is 5.66. The molecule has 0 amide bonds. The van der Waals surface area contributed by atoms with Gasteiger partial charge in [0.15, 0.2) is 6.29 Å². The Morgan fingerprint density at radius 3 is 2.17 bits per heavy atom. The van der Waals surface area contributed by atoms with Gasteiger partial charge in [0.05, 0.1) is 6.61 Å². The molecule has 0 radical (unpaired) electrons. The van der Waals surface area contributed by atoms with E-state index in [2.05, 4.69) is 27.4 Å². The number of unbranched alkanes of at least 4 members (excludes halogenated alkanes) is 1. The first-order valence-corrected chi connectivity index (χ1v) is 5.66. The van der Waals surface area contributed by atoms with Crippen LogP contribution in [0.4, 0.5) is 0 Å². The van der Waals surface area contributed by atoms with Crippen LogP contribution in [0.3, 0.4) is 0 Å². The highest BCUT2D eigenvalue weighted by atomic mass is 16.7. The average molecular weight is 258 g/mol. The maximum absolute atomic E-state index is 10.4. The highest BCUT2D eigenvalue weighted by Gasteiger charge is 2.01. The lowest BCUT2D eigenvalue weighted by molar-refractivity contribution is -0.163. The Morgan fingerprint density at radius 1 is 1.22 bits per heavy atom. The Hall–Kier alpha value is -1.62. The van der Waals surface area contributed by atoms with Crippen molar-refractivity contribution in [1.29, 1.82) is 0 Å². The number of hydrogen-bond acceptors (Lipinski definition) is 5. The third-order valence-electron chi connectivity index (χ3n) is 1.69. The van der Waals surface area contributed by atoms with Gasteiger partial charge in [-0.15, -0.1) is 0 Å². The lowest BCUT2D eigenvalue weighted by Gasteiger charge is -2.07. The van der Waals surface area contributed by atoms with Crippen molar-refractivity contribution in [2.45, 2.75) is 33.0 Å². The summed E-state index contributed by atoms with van der Waals surface area (Å²) < 4.78 is 13.9. The van der Waals surface area contributed by atoms with E-state index in [1.165, 1.54) is 13.2 Å². The molecule has 0 aromatic heterocycles. The molecule has 5 heteroatoms. The van der Waals surface area contributed by atoms with Crippen LogP contribution in [-0.2, 0) is 23.8 Å². The lowest BCUT2D eigenvalue weighted by Crippen LogP contribution is -2.14. The summed E-state index contributed by atoms with van der Waals surface area (Å²) >= 11 is 0. The molecule has 0 aliphatic heterocycles. The van der Waals surface area contributed by atoms with Gasteiger partial charge in [-0.3, -0.25) is 0 Å². The van der Waals surface area contributed by atoms with E-state index in [4.69, 9.17) is 0 Å². The molecule has 104 valence electrons. The zero-order valence-corrected chi connectivity index (χ0v) is 11.3. The van der Waals surface area contributed by atoms with Crippen molar-refractivity contribution in [3.05, 3.63) is 25.3 Å². The molecule has 0 aromatic carbocycles. The van der Waals surface area contributed by atoms with Crippen LogP contribution in [0.15, 0.2) is 25.3 Å². The van der Waals surface area contributed by atoms with Crippen LogP contribution in [0.1, 0.15) is 26.7 Å². The Morgan fingerprint density at radius 2 is 1.78 bits per heavy atom. The zero-order valence-electron chi connectivity index (χ0n) is 11.3. The van der Waals surface area contributed by atoms with Crippen molar-refractivity contribution in [2.24, 2.45) is 0 Å². The molecule has 0 bridgehead atoms. The van der Waals surface area contributed by atoms with E-state index >= 15 is 0 Å². The molecule has 5 nitrogen and oxygen atoms in total. The minimum Gasteiger partial charge on any atom is -0.463 e. The van der Waals surface area contributed by atoms with Gasteiger partial charge in [-0.1, -0.05) is 26.5 Å². The van der Waals surface area contributed by atoms with Gasteiger partial charge in [-0.25, -0.2) is 9.59 Å². The van der Waals surface area contributed by atoms with E-state index in [1.807, 2.05) is 6.92 Å². The molecule has 0 saturated carbocycles. The lowest BCUT2D eigenvalue weighted by atomic mass is 10.4. The number of esters is 2. The maximum atomic E-state index is 10.4. The second-order valence-corrected chi connectivity index (χ2v) is 3.17. The van der Waals surface area contributed by atoms with Crippen molar-refractivity contribution >= 4 is 11.9 Å². The molecule has 0 saturated heterocycles. The van der Waals surface area contributed by atoms with E-state index in [1.54, 1.807) is 6.92 Å². The van der Waals surface area contributed by atoms with Gasteiger partial charge in [0.1, 0.15) is 0 Å². The highest BCUT2D eigenvalue weighted by Crippen LogP contribution is 1.90. The minimum absolute atomic E-state index is 0.330. The molecule has 0 aliphatic rings. The quantitative estimate of drug-likeness (QED) is 0.303. The number of carbonyl (C=O) groups is 2. The first-order chi connectivity index (χ1) is 8.51. The number of hydrogen-bond donors (Lipinski definition) is 0. The number of methoxy groups -OCH3 is 1. The fourth-order valence-electron chi connectivity index (χ4n) is 0.636. The van der Waals surface area contributed by atoms with Gasteiger partial charge < -0.3 is 14.2 Å². The van der Waals surface area contributed by atoms with E-state index in [9.17, 15) is 9.59 Å².